The molecule has 1 amide bonds. The van der Waals surface area contributed by atoms with Gasteiger partial charge in [0.2, 0.25) is 5.91 Å². The second-order valence-electron chi connectivity index (χ2n) is 4.08. The van der Waals surface area contributed by atoms with Crippen LogP contribution >= 0.6 is 0 Å². The highest BCUT2D eigenvalue weighted by molar-refractivity contribution is 5.85. The Bertz CT molecular complexity index is 322. The van der Waals surface area contributed by atoms with Crippen molar-refractivity contribution >= 4 is 11.9 Å². The molecule has 0 aromatic carbocycles. The smallest absolute Gasteiger partial charge is 0.327 e. The first-order valence-corrected chi connectivity index (χ1v) is 5.26. The molecule has 1 saturated carbocycles. The molecule has 1 aliphatic rings. The van der Waals surface area contributed by atoms with Crippen LogP contribution < -0.4 is 11.1 Å². The lowest BCUT2D eigenvalue weighted by Gasteiger charge is -2.15. The van der Waals surface area contributed by atoms with Gasteiger partial charge in [0.15, 0.2) is 0 Å². The Morgan fingerprint density at radius 3 is 2.69 bits per heavy atom. The third-order valence-electron chi connectivity index (χ3n) is 2.78. The number of carbonyl (C=O) groups is 2. The van der Waals surface area contributed by atoms with Gasteiger partial charge in [-0.15, -0.1) is 12.3 Å². The number of hydrogen-bond acceptors (Lipinski definition) is 3. The summed E-state index contributed by atoms with van der Waals surface area (Å²) >= 11 is 0. The van der Waals surface area contributed by atoms with Crippen LogP contribution in [0.15, 0.2) is 0 Å². The fourth-order valence-electron chi connectivity index (χ4n) is 1.86. The Morgan fingerprint density at radius 1 is 1.56 bits per heavy atom. The average molecular weight is 224 g/mol. The van der Waals surface area contributed by atoms with E-state index < -0.39 is 12.0 Å². The normalized spacial score (nSPS) is 25.8. The van der Waals surface area contributed by atoms with Crippen LogP contribution in [-0.4, -0.2) is 29.1 Å². The van der Waals surface area contributed by atoms with Crippen LogP contribution in [0.5, 0.6) is 0 Å². The summed E-state index contributed by atoms with van der Waals surface area (Å²) in [5.74, 6) is 0.705. The molecule has 16 heavy (non-hydrogen) atoms. The van der Waals surface area contributed by atoms with Crippen molar-refractivity contribution in [1.82, 2.24) is 5.32 Å². The Morgan fingerprint density at radius 2 is 2.25 bits per heavy atom. The molecule has 0 aliphatic heterocycles. The van der Waals surface area contributed by atoms with Crippen molar-refractivity contribution in [2.24, 2.45) is 11.7 Å². The zero-order valence-electron chi connectivity index (χ0n) is 8.98. The monoisotopic (exact) mass is 224 g/mol. The first kappa shape index (κ1) is 12.5. The summed E-state index contributed by atoms with van der Waals surface area (Å²) in [6, 6.07) is -0.944. The van der Waals surface area contributed by atoms with Crippen LogP contribution in [0.3, 0.4) is 0 Å². The minimum Gasteiger partial charge on any atom is -0.480 e. The fraction of sp³-hybridized carbons (Fsp3) is 0.636. The SMILES string of the molecule is C#CCC(NC(=O)C1CCC(N)C1)C(=O)O. The number of carboxylic acids is 1. The molecular weight excluding hydrogens is 208 g/mol. The summed E-state index contributed by atoms with van der Waals surface area (Å²) in [6.45, 7) is 0. The standard InChI is InChI=1S/C11H16N2O3/c1-2-3-9(11(15)16)13-10(14)7-4-5-8(12)6-7/h1,7-9H,3-6,12H2,(H,13,14)(H,15,16). The van der Waals surface area contributed by atoms with Gasteiger partial charge in [0.05, 0.1) is 0 Å². The Kier molecular flexibility index (Phi) is 4.32. The van der Waals surface area contributed by atoms with Gasteiger partial charge in [-0.25, -0.2) is 4.79 Å². The molecule has 0 radical (unpaired) electrons. The molecule has 4 N–H and O–H groups in total. The molecule has 5 heteroatoms. The molecule has 3 unspecified atom stereocenters. The van der Waals surface area contributed by atoms with Crippen LogP contribution in [0.25, 0.3) is 0 Å². The molecule has 1 aliphatic carbocycles. The van der Waals surface area contributed by atoms with E-state index >= 15 is 0 Å². The van der Waals surface area contributed by atoms with Crippen molar-refractivity contribution in [2.75, 3.05) is 0 Å². The van der Waals surface area contributed by atoms with Gasteiger partial charge in [-0.3, -0.25) is 4.79 Å². The van der Waals surface area contributed by atoms with E-state index in [1.54, 1.807) is 0 Å². The predicted octanol–water partition coefficient (Wildman–Crippen LogP) is -0.293. The van der Waals surface area contributed by atoms with Gasteiger partial charge in [-0.05, 0) is 19.3 Å². The lowest BCUT2D eigenvalue weighted by molar-refractivity contribution is -0.142. The van der Waals surface area contributed by atoms with Crippen molar-refractivity contribution in [1.29, 1.82) is 0 Å². The third-order valence-corrected chi connectivity index (χ3v) is 2.78. The van der Waals surface area contributed by atoms with Crippen molar-refractivity contribution in [2.45, 2.75) is 37.8 Å². The van der Waals surface area contributed by atoms with E-state index in [9.17, 15) is 9.59 Å². The molecule has 0 saturated heterocycles. The molecular formula is C11H16N2O3. The summed E-state index contributed by atoms with van der Waals surface area (Å²) in [5.41, 5.74) is 5.68. The first-order chi connectivity index (χ1) is 7.54. The number of aliphatic carboxylic acids is 1. The number of nitrogens with two attached hydrogens (primary N) is 1. The molecule has 0 bridgehead atoms. The van der Waals surface area contributed by atoms with Crippen molar-refractivity contribution < 1.29 is 14.7 Å². The quantitative estimate of drug-likeness (QED) is 0.572. The van der Waals surface area contributed by atoms with Crippen LogP contribution in [0.1, 0.15) is 25.7 Å². The largest absolute Gasteiger partial charge is 0.480 e. The number of carboxylic acid groups (broad SMARTS) is 1. The summed E-state index contributed by atoms with van der Waals surface area (Å²) < 4.78 is 0. The van der Waals surface area contributed by atoms with Gasteiger partial charge < -0.3 is 16.2 Å². The van der Waals surface area contributed by atoms with E-state index in [-0.39, 0.29) is 24.3 Å². The zero-order chi connectivity index (χ0) is 12.1. The van der Waals surface area contributed by atoms with E-state index in [2.05, 4.69) is 11.2 Å². The number of terminal acetylenes is 1. The third kappa shape index (κ3) is 3.24. The van der Waals surface area contributed by atoms with Gasteiger partial charge in [0.1, 0.15) is 6.04 Å². The highest BCUT2D eigenvalue weighted by Crippen LogP contribution is 2.24. The second-order valence-corrected chi connectivity index (χ2v) is 4.08. The predicted molar refractivity (Wildman–Crippen MR) is 58.3 cm³/mol. The van der Waals surface area contributed by atoms with Crippen LogP contribution in [0.2, 0.25) is 0 Å². The summed E-state index contributed by atoms with van der Waals surface area (Å²) in [7, 11) is 0. The number of amides is 1. The van der Waals surface area contributed by atoms with Crippen LogP contribution in [0.4, 0.5) is 0 Å². The Balaban J connectivity index is 2.49. The lowest BCUT2D eigenvalue weighted by Crippen LogP contribution is -2.43. The number of rotatable bonds is 4. The summed E-state index contributed by atoms with van der Waals surface area (Å²) in [6.07, 6.45) is 7.18. The average Bonchev–Trinajstić information content (AvgIpc) is 2.64. The fourth-order valence-corrected chi connectivity index (χ4v) is 1.86. The maximum Gasteiger partial charge on any atom is 0.327 e. The van der Waals surface area contributed by atoms with Gasteiger partial charge >= 0.3 is 5.97 Å². The maximum absolute atomic E-state index is 11.7. The van der Waals surface area contributed by atoms with E-state index in [1.807, 2.05) is 0 Å². The molecule has 5 nitrogen and oxygen atoms in total. The topological polar surface area (TPSA) is 92.4 Å². The molecule has 88 valence electrons. The lowest BCUT2D eigenvalue weighted by atomic mass is 10.1. The maximum atomic E-state index is 11.7. The Labute approximate surface area is 94.4 Å². The number of nitrogens with one attached hydrogen (secondary N) is 1. The minimum absolute atomic E-state index is 0.000152. The summed E-state index contributed by atoms with van der Waals surface area (Å²) in [5, 5.41) is 11.3. The van der Waals surface area contributed by atoms with Crippen LogP contribution in [-0.2, 0) is 9.59 Å². The highest BCUT2D eigenvalue weighted by atomic mass is 16.4. The molecule has 1 fully saturated rings. The van der Waals surface area contributed by atoms with E-state index in [1.165, 1.54) is 0 Å². The minimum atomic E-state index is -1.10. The zero-order valence-corrected chi connectivity index (χ0v) is 8.98. The van der Waals surface area contributed by atoms with Crippen molar-refractivity contribution in [3.63, 3.8) is 0 Å². The van der Waals surface area contributed by atoms with Crippen molar-refractivity contribution in [3.8, 4) is 12.3 Å². The second kappa shape index (κ2) is 5.52. The number of carbonyl (C=O) groups excluding carboxylic acids is 1. The molecule has 0 spiro atoms. The van der Waals surface area contributed by atoms with Gasteiger partial charge in [0.25, 0.3) is 0 Å². The van der Waals surface area contributed by atoms with Crippen molar-refractivity contribution in [3.05, 3.63) is 0 Å². The first-order valence-electron chi connectivity index (χ1n) is 5.26. The van der Waals surface area contributed by atoms with Gasteiger partial charge in [-0.2, -0.15) is 0 Å². The van der Waals surface area contributed by atoms with E-state index in [0.29, 0.717) is 6.42 Å². The van der Waals surface area contributed by atoms with E-state index in [4.69, 9.17) is 17.3 Å². The molecule has 1 rings (SSSR count). The van der Waals surface area contributed by atoms with Gasteiger partial charge in [-0.1, -0.05) is 0 Å². The molecule has 0 aromatic heterocycles. The van der Waals surface area contributed by atoms with Gasteiger partial charge in [0, 0.05) is 18.4 Å². The molecule has 3 atom stereocenters. The summed E-state index contributed by atoms with van der Waals surface area (Å²) in [4.78, 5) is 22.5. The van der Waals surface area contributed by atoms with Crippen LogP contribution in [0, 0.1) is 18.3 Å². The van der Waals surface area contributed by atoms with E-state index in [0.717, 1.165) is 12.8 Å². The number of hydrogen-bond donors (Lipinski definition) is 3. The molecule has 0 aromatic rings. The highest BCUT2D eigenvalue weighted by Gasteiger charge is 2.30. The molecule has 0 heterocycles. The Hall–Kier alpha value is -1.54.